The summed E-state index contributed by atoms with van der Waals surface area (Å²) in [5, 5.41) is 5.71. The summed E-state index contributed by atoms with van der Waals surface area (Å²) < 4.78 is 5.13. The molecular weight excluding hydrogens is 274 g/mol. The second-order valence-electron chi connectivity index (χ2n) is 3.84. The molecule has 20 heavy (non-hydrogen) atoms. The van der Waals surface area contributed by atoms with Gasteiger partial charge in [0.15, 0.2) is 5.11 Å². The molecule has 2 aromatic rings. The number of anilines is 1. The number of aromatic nitrogens is 1. The van der Waals surface area contributed by atoms with Crippen molar-refractivity contribution >= 4 is 28.9 Å². The maximum Gasteiger partial charge on any atom is 0.261 e. The van der Waals surface area contributed by atoms with Gasteiger partial charge in [-0.15, -0.1) is 0 Å². The van der Waals surface area contributed by atoms with Crippen LogP contribution >= 0.6 is 12.2 Å². The lowest BCUT2D eigenvalue weighted by Gasteiger charge is -2.11. The number of rotatable bonds is 3. The van der Waals surface area contributed by atoms with Crippen LogP contribution in [0.4, 0.5) is 5.69 Å². The van der Waals surface area contributed by atoms with Crippen LogP contribution < -0.4 is 15.4 Å². The van der Waals surface area contributed by atoms with Crippen LogP contribution in [0.5, 0.6) is 5.75 Å². The zero-order valence-electron chi connectivity index (χ0n) is 10.8. The highest BCUT2D eigenvalue weighted by Gasteiger charge is 2.12. The van der Waals surface area contributed by atoms with Gasteiger partial charge in [-0.1, -0.05) is 12.1 Å². The maximum absolute atomic E-state index is 12.1. The van der Waals surface area contributed by atoms with Crippen molar-refractivity contribution < 1.29 is 9.53 Å². The van der Waals surface area contributed by atoms with Gasteiger partial charge in [0.25, 0.3) is 5.91 Å². The summed E-state index contributed by atoms with van der Waals surface area (Å²) in [6.07, 6.45) is 3.26. The lowest BCUT2D eigenvalue weighted by Crippen LogP contribution is -2.34. The number of para-hydroxylation sites is 1. The fourth-order valence-corrected chi connectivity index (χ4v) is 1.81. The molecule has 0 bridgehead atoms. The first-order chi connectivity index (χ1) is 9.70. The SMILES string of the molecule is COc1ccccc1C(=O)NC(=S)Nc1ccncc1. The Hall–Kier alpha value is -2.47. The van der Waals surface area contributed by atoms with Gasteiger partial charge < -0.3 is 10.1 Å². The van der Waals surface area contributed by atoms with Crippen molar-refractivity contribution in [3.8, 4) is 5.75 Å². The Morgan fingerprint density at radius 2 is 1.90 bits per heavy atom. The minimum absolute atomic E-state index is 0.215. The third-order valence-electron chi connectivity index (χ3n) is 2.52. The number of amides is 1. The number of carbonyl (C=O) groups is 1. The maximum atomic E-state index is 12.1. The average molecular weight is 287 g/mol. The molecule has 5 nitrogen and oxygen atoms in total. The number of hydrogen-bond donors (Lipinski definition) is 2. The van der Waals surface area contributed by atoms with E-state index in [1.165, 1.54) is 7.11 Å². The smallest absolute Gasteiger partial charge is 0.261 e. The summed E-state index contributed by atoms with van der Waals surface area (Å²) in [7, 11) is 1.51. The molecule has 0 radical (unpaired) electrons. The Balaban J connectivity index is 2.02. The lowest BCUT2D eigenvalue weighted by atomic mass is 10.2. The van der Waals surface area contributed by atoms with Crippen molar-refractivity contribution in [1.29, 1.82) is 0 Å². The Labute approximate surface area is 122 Å². The van der Waals surface area contributed by atoms with Crippen LogP contribution in [-0.4, -0.2) is 23.1 Å². The number of ether oxygens (including phenoxy) is 1. The molecule has 1 amide bonds. The number of carbonyl (C=O) groups excluding carboxylic acids is 1. The van der Waals surface area contributed by atoms with Gasteiger partial charge in [-0.2, -0.15) is 0 Å². The molecule has 0 fully saturated rings. The second kappa shape index (κ2) is 6.63. The van der Waals surface area contributed by atoms with E-state index in [4.69, 9.17) is 17.0 Å². The van der Waals surface area contributed by atoms with Gasteiger partial charge in [0.05, 0.1) is 12.7 Å². The normalized spacial score (nSPS) is 9.65. The average Bonchev–Trinajstić information content (AvgIpc) is 2.48. The summed E-state index contributed by atoms with van der Waals surface area (Å²) in [6.45, 7) is 0. The molecule has 0 aliphatic carbocycles. The van der Waals surface area contributed by atoms with Gasteiger partial charge in [0.1, 0.15) is 5.75 Å². The van der Waals surface area contributed by atoms with Crippen LogP contribution in [0.15, 0.2) is 48.8 Å². The van der Waals surface area contributed by atoms with Gasteiger partial charge in [0, 0.05) is 18.1 Å². The standard InChI is InChI=1S/C14H13N3O2S/c1-19-12-5-3-2-4-11(12)13(18)17-14(20)16-10-6-8-15-9-7-10/h2-9H,1H3,(H2,15,16,17,18,20). The van der Waals surface area contributed by atoms with E-state index in [-0.39, 0.29) is 11.0 Å². The number of methoxy groups -OCH3 is 1. The molecule has 1 heterocycles. The van der Waals surface area contributed by atoms with Gasteiger partial charge >= 0.3 is 0 Å². The van der Waals surface area contributed by atoms with Crippen molar-refractivity contribution in [2.45, 2.75) is 0 Å². The Bertz CT molecular complexity index is 617. The molecule has 0 aliphatic rings. The number of benzene rings is 1. The van der Waals surface area contributed by atoms with Crippen molar-refractivity contribution in [3.05, 3.63) is 54.4 Å². The van der Waals surface area contributed by atoms with E-state index in [1.54, 1.807) is 48.8 Å². The summed E-state index contributed by atoms with van der Waals surface area (Å²) in [4.78, 5) is 16.0. The summed E-state index contributed by atoms with van der Waals surface area (Å²) >= 11 is 5.09. The number of pyridine rings is 1. The molecule has 1 aromatic heterocycles. The third kappa shape index (κ3) is 3.52. The number of hydrogen-bond acceptors (Lipinski definition) is 4. The molecule has 2 rings (SSSR count). The first kappa shape index (κ1) is 14.0. The van der Waals surface area contributed by atoms with Crippen molar-refractivity contribution in [1.82, 2.24) is 10.3 Å². The van der Waals surface area contributed by atoms with E-state index in [0.29, 0.717) is 11.3 Å². The number of thiocarbonyl (C=S) groups is 1. The molecule has 0 atom stereocenters. The van der Waals surface area contributed by atoms with Crippen LogP contribution in [0.1, 0.15) is 10.4 Å². The minimum Gasteiger partial charge on any atom is -0.496 e. The lowest BCUT2D eigenvalue weighted by molar-refractivity contribution is 0.0975. The molecule has 2 N–H and O–H groups in total. The van der Waals surface area contributed by atoms with Gasteiger partial charge in [0.2, 0.25) is 0 Å². The van der Waals surface area contributed by atoms with E-state index in [1.807, 2.05) is 0 Å². The second-order valence-corrected chi connectivity index (χ2v) is 4.25. The van der Waals surface area contributed by atoms with E-state index < -0.39 is 0 Å². The third-order valence-corrected chi connectivity index (χ3v) is 2.72. The molecule has 0 aliphatic heterocycles. The number of nitrogens with one attached hydrogen (secondary N) is 2. The predicted molar refractivity (Wildman–Crippen MR) is 80.9 cm³/mol. The highest BCUT2D eigenvalue weighted by Crippen LogP contribution is 2.16. The molecule has 0 saturated carbocycles. The predicted octanol–water partition coefficient (Wildman–Crippen LogP) is 2.22. The van der Waals surface area contributed by atoms with E-state index in [2.05, 4.69) is 15.6 Å². The highest BCUT2D eigenvalue weighted by atomic mass is 32.1. The zero-order chi connectivity index (χ0) is 14.4. The largest absolute Gasteiger partial charge is 0.496 e. The van der Waals surface area contributed by atoms with E-state index in [9.17, 15) is 4.79 Å². The monoisotopic (exact) mass is 287 g/mol. The van der Waals surface area contributed by atoms with Gasteiger partial charge in [-0.25, -0.2) is 0 Å². The first-order valence-corrected chi connectivity index (χ1v) is 6.27. The highest BCUT2D eigenvalue weighted by molar-refractivity contribution is 7.80. The topological polar surface area (TPSA) is 63.2 Å². The fraction of sp³-hybridized carbons (Fsp3) is 0.0714. The molecular formula is C14H13N3O2S. The van der Waals surface area contributed by atoms with Crippen LogP contribution in [0.3, 0.4) is 0 Å². The molecule has 102 valence electrons. The minimum atomic E-state index is -0.325. The molecule has 6 heteroatoms. The van der Waals surface area contributed by atoms with Crippen LogP contribution in [0.25, 0.3) is 0 Å². The number of nitrogens with zero attached hydrogens (tertiary/aromatic N) is 1. The van der Waals surface area contributed by atoms with Crippen LogP contribution in [-0.2, 0) is 0 Å². The van der Waals surface area contributed by atoms with Crippen molar-refractivity contribution in [2.75, 3.05) is 12.4 Å². The van der Waals surface area contributed by atoms with E-state index >= 15 is 0 Å². The Morgan fingerprint density at radius 3 is 2.60 bits per heavy atom. The quantitative estimate of drug-likeness (QED) is 0.848. The zero-order valence-corrected chi connectivity index (χ0v) is 11.6. The molecule has 0 spiro atoms. The molecule has 1 aromatic carbocycles. The van der Waals surface area contributed by atoms with Gasteiger partial charge in [-0.05, 0) is 36.5 Å². The van der Waals surface area contributed by atoms with Gasteiger partial charge in [-0.3, -0.25) is 15.1 Å². The fourth-order valence-electron chi connectivity index (χ4n) is 1.60. The molecule has 0 saturated heterocycles. The molecule has 0 unspecified atom stereocenters. The van der Waals surface area contributed by atoms with Crippen LogP contribution in [0.2, 0.25) is 0 Å². The van der Waals surface area contributed by atoms with Crippen molar-refractivity contribution in [2.24, 2.45) is 0 Å². The van der Waals surface area contributed by atoms with E-state index in [0.717, 1.165) is 5.69 Å². The Morgan fingerprint density at radius 1 is 1.20 bits per heavy atom. The summed E-state index contributed by atoms with van der Waals surface area (Å²) in [6, 6.07) is 10.4. The first-order valence-electron chi connectivity index (χ1n) is 5.86. The van der Waals surface area contributed by atoms with Crippen molar-refractivity contribution in [3.63, 3.8) is 0 Å². The van der Waals surface area contributed by atoms with Crippen LogP contribution in [0, 0.1) is 0 Å². The Kier molecular flexibility index (Phi) is 4.62. The summed E-state index contributed by atoms with van der Waals surface area (Å²) in [5.41, 5.74) is 1.18. The summed E-state index contributed by atoms with van der Waals surface area (Å²) in [5.74, 6) is 0.172.